The zero-order chi connectivity index (χ0) is 19.8. The van der Waals surface area contributed by atoms with E-state index in [2.05, 4.69) is 9.97 Å². The van der Waals surface area contributed by atoms with E-state index in [-0.39, 0.29) is 12.5 Å². The largest absolute Gasteiger partial charge is 0.460 e. The number of hydrogen-bond donors (Lipinski definition) is 1. The number of nitrogens with one attached hydrogen (secondary N) is 1. The fourth-order valence-corrected chi connectivity index (χ4v) is 3.68. The molecule has 1 aliphatic heterocycles. The molecule has 1 amide bonds. The molecule has 0 aliphatic carbocycles. The summed E-state index contributed by atoms with van der Waals surface area (Å²) in [7, 11) is 1.54. The molecule has 0 fully saturated rings. The van der Waals surface area contributed by atoms with Gasteiger partial charge in [-0.1, -0.05) is 12.1 Å². The van der Waals surface area contributed by atoms with Gasteiger partial charge in [0.2, 0.25) is 5.95 Å². The summed E-state index contributed by atoms with van der Waals surface area (Å²) < 4.78 is 12.2. The van der Waals surface area contributed by atoms with E-state index in [4.69, 9.17) is 9.47 Å². The Labute approximate surface area is 162 Å². The molecule has 0 bridgehead atoms. The van der Waals surface area contributed by atoms with Crippen molar-refractivity contribution in [3.63, 3.8) is 0 Å². The SMILES string of the molecule is COCCOC(=O)c1c(C)[nH]c(C(=O)N2CCn3c2nc2ccccc23)c1C. The highest BCUT2D eigenvalue weighted by atomic mass is 16.6. The first-order chi connectivity index (χ1) is 13.5. The van der Waals surface area contributed by atoms with Crippen molar-refractivity contribution in [2.24, 2.45) is 0 Å². The molecule has 8 nitrogen and oxygen atoms in total. The summed E-state index contributed by atoms with van der Waals surface area (Å²) in [5.41, 5.74) is 3.84. The molecule has 2 aromatic heterocycles. The third kappa shape index (κ3) is 2.86. The van der Waals surface area contributed by atoms with Crippen LogP contribution in [0.4, 0.5) is 5.95 Å². The lowest BCUT2D eigenvalue weighted by Gasteiger charge is -2.13. The number of amides is 1. The number of nitrogens with zero attached hydrogens (tertiary/aromatic N) is 3. The number of aromatic amines is 1. The van der Waals surface area contributed by atoms with Crippen molar-refractivity contribution in [1.29, 1.82) is 0 Å². The number of ether oxygens (including phenoxy) is 2. The number of methoxy groups -OCH3 is 1. The second-order valence-corrected chi connectivity index (χ2v) is 6.76. The van der Waals surface area contributed by atoms with Crippen molar-refractivity contribution in [2.45, 2.75) is 20.4 Å². The van der Waals surface area contributed by atoms with Crippen LogP contribution in [0.15, 0.2) is 24.3 Å². The highest BCUT2D eigenvalue weighted by molar-refractivity contribution is 6.08. The monoisotopic (exact) mass is 382 g/mol. The average molecular weight is 382 g/mol. The average Bonchev–Trinajstić information content (AvgIpc) is 3.33. The number of fused-ring (bicyclic) bond motifs is 3. The van der Waals surface area contributed by atoms with Crippen LogP contribution in [0.2, 0.25) is 0 Å². The summed E-state index contributed by atoms with van der Waals surface area (Å²) in [6.45, 7) is 5.23. The Kier molecular flexibility index (Phi) is 4.64. The number of aryl methyl sites for hydroxylation is 1. The Balaban J connectivity index is 1.64. The van der Waals surface area contributed by atoms with Gasteiger partial charge in [0.25, 0.3) is 5.91 Å². The maximum Gasteiger partial charge on any atom is 0.340 e. The minimum absolute atomic E-state index is 0.165. The summed E-state index contributed by atoms with van der Waals surface area (Å²) in [6.07, 6.45) is 0. The number of imidazole rings is 1. The van der Waals surface area contributed by atoms with E-state index < -0.39 is 5.97 Å². The molecule has 28 heavy (non-hydrogen) atoms. The van der Waals surface area contributed by atoms with E-state index in [0.717, 1.165) is 11.0 Å². The van der Waals surface area contributed by atoms with Gasteiger partial charge in [0.15, 0.2) is 0 Å². The van der Waals surface area contributed by atoms with Crippen LogP contribution in [0, 0.1) is 13.8 Å². The Hall–Kier alpha value is -3.13. The van der Waals surface area contributed by atoms with Gasteiger partial charge in [-0.3, -0.25) is 9.69 Å². The zero-order valence-corrected chi connectivity index (χ0v) is 16.1. The summed E-state index contributed by atoms with van der Waals surface area (Å²) in [4.78, 5) is 35.0. The minimum Gasteiger partial charge on any atom is -0.460 e. The van der Waals surface area contributed by atoms with Crippen LogP contribution in [-0.4, -0.2) is 53.3 Å². The molecule has 4 rings (SSSR count). The van der Waals surface area contributed by atoms with Gasteiger partial charge in [-0.2, -0.15) is 0 Å². The van der Waals surface area contributed by atoms with Crippen LogP contribution < -0.4 is 4.90 Å². The standard InChI is InChI=1S/C20H22N4O4/c1-12-16(19(26)28-11-10-27-3)13(2)21-17(12)18(25)24-9-8-23-15-7-5-4-6-14(15)22-20(23)24/h4-7,21H,8-11H2,1-3H3. The van der Waals surface area contributed by atoms with Gasteiger partial charge in [0.1, 0.15) is 12.3 Å². The highest BCUT2D eigenvalue weighted by Crippen LogP contribution is 2.29. The van der Waals surface area contributed by atoms with Crippen LogP contribution in [0.1, 0.15) is 32.1 Å². The number of carbonyl (C=O) groups excluding carboxylic acids is 2. The predicted molar refractivity (Wildman–Crippen MR) is 104 cm³/mol. The fourth-order valence-electron chi connectivity index (χ4n) is 3.68. The molecule has 146 valence electrons. The van der Waals surface area contributed by atoms with Gasteiger partial charge < -0.3 is 19.0 Å². The maximum atomic E-state index is 13.2. The first-order valence-electron chi connectivity index (χ1n) is 9.15. The molecule has 0 saturated heterocycles. The zero-order valence-electron chi connectivity index (χ0n) is 16.1. The van der Waals surface area contributed by atoms with Gasteiger partial charge in [-0.05, 0) is 31.5 Å². The minimum atomic E-state index is -0.462. The molecule has 3 aromatic rings. The lowest BCUT2D eigenvalue weighted by atomic mass is 10.1. The number of para-hydroxylation sites is 2. The number of anilines is 1. The third-order valence-corrected chi connectivity index (χ3v) is 5.04. The molecular weight excluding hydrogens is 360 g/mol. The molecule has 3 heterocycles. The number of carbonyl (C=O) groups is 2. The molecule has 0 unspecified atom stereocenters. The number of aromatic nitrogens is 3. The maximum absolute atomic E-state index is 13.2. The van der Waals surface area contributed by atoms with Crippen molar-refractivity contribution in [3.05, 3.63) is 46.8 Å². The Morgan fingerprint density at radius 1 is 1.18 bits per heavy atom. The van der Waals surface area contributed by atoms with Crippen LogP contribution in [0.5, 0.6) is 0 Å². The number of H-pyrrole nitrogens is 1. The lowest BCUT2D eigenvalue weighted by Crippen LogP contribution is -2.30. The van der Waals surface area contributed by atoms with E-state index in [1.165, 1.54) is 0 Å². The smallest absolute Gasteiger partial charge is 0.340 e. The van der Waals surface area contributed by atoms with Crippen LogP contribution in [0.25, 0.3) is 11.0 Å². The van der Waals surface area contributed by atoms with E-state index >= 15 is 0 Å². The summed E-state index contributed by atoms with van der Waals surface area (Å²) in [5.74, 6) is -0.0383. The second-order valence-electron chi connectivity index (χ2n) is 6.76. The summed E-state index contributed by atoms with van der Waals surface area (Å²) >= 11 is 0. The Morgan fingerprint density at radius 2 is 1.96 bits per heavy atom. The van der Waals surface area contributed by atoms with E-state index in [9.17, 15) is 9.59 Å². The molecule has 8 heteroatoms. The first-order valence-corrected chi connectivity index (χ1v) is 9.15. The number of hydrogen-bond acceptors (Lipinski definition) is 5. The normalized spacial score (nSPS) is 13.2. The van der Waals surface area contributed by atoms with Crippen molar-refractivity contribution in [2.75, 3.05) is 31.8 Å². The molecule has 0 radical (unpaired) electrons. The Bertz CT molecular complexity index is 1070. The van der Waals surface area contributed by atoms with E-state index in [1.807, 2.05) is 28.8 Å². The lowest BCUT2D eigenvalue weighted by molar-refractivity contribution is 0.0387. The first kappa shape index (κ1) is 18.2. The third-order valence-electron chi connectivity index (χ3n) is 5.04. The molecular formula is C20H22N4O4. The molecule has 0 saturated carbocycles. The number of esters is 1. The van der Waals surface area contributed by atoms with Crippen molar-refractivity contribution in [3.8, 4) is 0 Å². The summed E-state index contributed by atoms with van der Waals surface area (Å²) in [6, 6.07) is 7.82. The number of rotatable bonds is 5. The summed E-state index contributed by atoms with van der Waals surface area (Å²) in [5, 5.41) is 0. The van der Waals surface area contributed by atoms with Gasteiger partial charge in [-0.25, -0.2) is 9.78 Å². The van der Waals surface area contributed by atoms with Gasteiger partial charge in [-0.15, -0.1) is 0 Å². The Morgan fingerprint density at radius 3 is 2.75 bits per heavy atom. The molecule has 0 atom stereocenters. The van der Waals surface area contributed by atoms with Crippen LogP contribution in [0.3, 0.4) is 0 Å². The highest BCUT2D eigenvalue weighted by Gasteiger charge is 2.32. The predicted octanol–water partition coefficient (Wildman–Crippen LogP) is 2.44. The van der Waals surface area contributed by atoms with Crippen LogP contribution >= 0.6 is 0 Å². The van der Waals surface area contributed by atoms with Gasteiger partial charge in [0, 0.05) is 25.9 Å². The van der Waals surface area contributed by atoms with E-state index in [0.29, 0.717) is 48.2 Å². The molecule has 1 aromatic carbocycles. The van der Waals surface area contributed by atoms with E-state index in [1.54, 1.807) is 25.9 Å². The van der Waals surface area contributed by atoms with Crippen LogP contribution in [-0.2, 0) is 16.0 Å². The van der Waals surface area contributed by atoms with Gasteiger partial charge in [0.05, 0.1) is 23.2 Å². The van der Waals surface area contributed by atoms with Crippen molar-refractivity contribution < 1.29 is 19.1 Å². The van der Waals surface area contributed by atoms with Crippen molar-refractivity contribution >= 4 is 28.9 Å². The topological polar surface area (TPSA) is 89.5 Å². The molecule has 0 spiro atoms. The van der Waals surface area contributed by atoms with Crippen molar-refractivity contribution in [1.82, 2.24) is 14.5 Å². The van der Waals surface area contributed by atoms with Gasteiger partial charge >= 0.3 is 5.97 Å². The molecule has 1 N–H and O–H groups in total. The molecule has 1 aliphatic rings. The second kappa shape index (κ2) is 7.12. The quantitative estimate of drug-likeness (QED) is 0.541. The fraction of sp³-hybridized carbons (Fsp3) is 0.350. The number of benzene rings is 1.